The normalized spacial score (nSPS) is 14.6. The Morgan fingerprint density at radius 3 is 2.85 bits per heavy atom. The van der Waals surface area contributed by atoms with Crippen LogP contribution in [-0.2, 0) is 6.42 Å². The van der Waals surface area contributed by atoms with E-state index < -0.39 is 5.60 Å². The van der Waals surface area contributed by atoms with Gasteiger partial charge in [0.1, 0.15) is 11.4 Å². The Labute approximate surface area is 77.2 Å². The summed E-state index contributed by atoms with van der Waals surface area (Å²) >= 11 is 0. The molecule has 68 valence electrons. The van der Waals surface area contributed by atoms with Crippen molar-refractivity contribution in [3.63, 3.8) is 0 Å². The van der Waals surface area contributed by atoms with Crippen LogP contribution < -0.4 is 0 Å². The van der Waals surface area contributed by atoms with Gasteiger partial charge in [-0.25, -0.2) is 4.39 Å². The second-order valence-corrected chi connectivity index (χ2v) is 3.22. The van der Waals surface area contributed by atoms with Crippen LogP contribution in [0, 0.1) is 18.2 Å². The molecular formula is C11H11FO. The maximum atomic E-state index is 12.7. The molecule has 0 fully saturated rings. The predicted molar refractivity (Wildman–Crippen MR) is 49.6 cm³/mol. The Balaban J connectivity index is 2.82. The Kier molecular flexibility index (Phi) is 2.69. The number of benzene rings is 1. The fourth-order valence-corrected chi connectivity index (χ4v) is 1.10. The Morgan fingerprint density at radius 2 is 2.31 bits per heavy atom. The van der Waals surface area contributed by atoms with Crippen molar-refractivity contribution in [2.75, 3.05) is 0 Å². The molecule has 1 unspecified atom stereocenters. The molecule has 1 aromatic carbocycles. The topological polar surface area (TPSA) is 20.2 Å². The monoisotopic (exact) mass is 178 g/mol. The van der Waals surface area contributed by atoms with Crippen LogP contribution in [0.5, 0.6) is 0 Å². The third-order valence-corrected chi connectivity index (χ3v) is 1.75. The Bertz CT molecular complexity index is 336. The fraction of sp³-hybridized carbons (Fsp3) is 0.273. The summed E-state index contributed by atoms with van der Waals surface area (Å²) in [6.45, 7) is 1.53. The Morgan fingerprint density at radius 1 is 1.62 bits per heavy atom. The number of terminal acetylenes is 1. The molecule has 0 bridgehead atoms. The lowest BCUT2D eigenvalue weighted by atomic mass is 9.98. The summed E-state index contributed by atoms with van der Waals surface area (Å²) in [5.74, 6) is 1.93. The van der Waals surface area contributed by atoms with Crippen molar-refractivity contribution in [3.8, 4) is 12.3 Å². The molecule has 13 heavy (non-hydrogen) atoms. The van der Waals surface area contributed by atoms with E-state index in [-0.39, 0.29) is 12.2 Å². The molecule has 0 aliphatic carbocycles. The van der Waals surface area contributed by atoms with Gasteiger partial charge in [0.25, 0.3) is 0 Å². The molecular weight excluding hydrogens is 167 g/mol. The molecule has 1 nitrogen and oxygen atoms in total. The first-order valence-electron chi connectivity index (χ1n) is 3.98. The lowest BCUT2D eigenvalue weighted by Gasteiger charge is -2.15. The highest BCUT2D eigenvalue weighted by Crippen LogP contribution is 2.12. The summed E-state index contributed by atoms with van der Waals surface area (Å²) in [7, 11) is 0. The van der Waals surface area contributed by atoms with E-state index in [1.807, 2.05) is 0 Å². The minimum Gasteiger partial charge on any atom is -0.378 e. The predicted octanol–water partition coefficient (Wildman–Crippen LogP) is 1.75. The third kappa shape index (κ3) is 2.89. The number of rotatable bonds is 2. The third-order valence-electron chi connectivity index (χ3n) is 1.75. The van der Waals surface area contributed by atoms with E-state index in [2.05, 4.69) is 5.92 Å². The number of hydrogen-bond acceptors (Lipinski definition) is 1. The molecule has 1 N–H and O–H groups in total. The van der Waals surface area contributed by atoms with Crippen molar-refractivity contribution in [1.82, 2.24) is 0 Å². The molecule has 1 aromatic rings. The number of aliphatic hydroxyl groups is 1. The highest BCUT2D eigenvalue weighted by Gasteiger charge is 2.16. The van der Waals surface area contributed by atoms with Gasteiger partial charge >= 0.3 is 0 Å². The van der Waals surface area contributed by atoms with Crippen LogP contribution in [0.2, 0.25) is 0 Å². The largest absolute Gasteiger partial charge is 0.378 e. The van der Waals surface area contributed by atoms with Gasteiger partial charge in [-0.3, -0.25) is 0 Å². The van der Waals surface area contributed by atoms with Crippen LogP contribution in [-0.4, -0.2) is 10.7 Å². The zero-order valence-corrected chi connectivity index (χ0v) is 7.42. The molecule has 0 aliphatic rings. The second kappa shape index (κ2) is 3.59. The van der Waals surface area contributed by atoms with Gasteiger partial charge in [0.15, 0.2) is 0 Å². The summed E-state index contributed by atoms with van der Waals surface area (Å²) in [4.78, 5) is 0. The zero-order valence-electron chi connectivity index (χ0n) is 7.42. The van der Waals surface area contributed by atoms with E-state index in [4.69, 9.17) is 6.42 Å². The summed E-state index contributed by atoms with van der Waals surface area (Å²) < 4.78 is 12.7. The molecule has 0 aliphatic heterocycles. The first kappa shape index (κ1) is 9.76. The second-order valence-electron chi connectivity index (χ2n) is 3.22. The highest BCUT2D eigenvalue weighted by molar-refractivity contribution is 5.21. The molecule has 0 amide bonds. The van der Waals surface area contributed by atoms with Crippen LogP contribution >= 0.6 is 0 Å². The van der Waals surface area contributed by atoms with Gasteiger partial charge in [-0.15, -0.1) is 6.42 Å². The van der Waals surface area contributed by atoms with E-state index in [0.29, 0.717) is 5.56 Å². The zero-order chi connectivity index (χ0) is 9.90. The molecule has 1 rings (SSSR count). The molecule has 0 radical (unpaired) electrons. The van der Waals surface area contributed by atoms with Gasteiger partial charge in [0.05, 0.1) is 0 Å². The van der Waals surface area contributed by atoms with Crippen molar-refractivity contribution in [3.05, 3.63) is 35.6 Å². The van der Waals surface area contributed by atoms with Crippen molar-refractivity contribution in [2.45, 2.75) is 18.9 Å². The average Bonchev–Trinajstić information content (AvgIpc) is 2.03. The lowest BCUT2D eigenvalue weighted by Crippen LogP contribution is -2.24. The van der Waals surface area contributed by atoms with E-state index in [1.54, 1.807) is 12.1 Å². The standard InChI is InChI=1S/C11H11FO/c1-3-11(2,13)8-9-5-4-6-10(12)7-9/h1,4-7,13H,8H2,2H3. The van der Waals surface area contributed by atoms with Crippen LogP contribution in [0.4, 0.5) is 4.39 Å². The van der Waals surface area contributed by atoms with E-state index in [9.17, 15) is 9.50 Å². The van der Waals surface area contributed by atoms with Crippen molar-refractivity contribution < 1.29 is 9.50 Å². The van der Waals surface area contributed by atoms with Gasteiger partial charge in [0, 0.05) is 6.42 Å². The van der Waals surface area contributed by atoms with Gasteiger partial charge in [-0.2, -0.15) is 0 Å². The molecule has 1 atom stereocenters. The maximum Gasteiger partial charge on any atom is 0.126 e. The maximum absolute atomic E-state index is 12.7. The minimum absolute atomic E-state index is 0.265. The number of hydrogen-bond donors (Lipinski definition) is 1. The van der Waals surface area contributed by atoms with E-state index >= 15 is 0 Å². The van der Waals surface area contributed by atoms with E-state index in [0.717, 1.165) is 0 Å². The van der Waals surface area contributed by atoms with Crippen molar-refractivity contribution >= 4 is 0 Å². The van der Waals surface area contributed by atoms with Crippen LogP contribution in [0.1, 0.15) is 12.5 Å². The summed E-state index contributed by atoms with van der Waals surface area (Å²) in [5.41, 5.74) is -0.503. The van der Waals surface area contributed by atoms with Crippen LogP contribution in [0.25, 0.3) is 0 Å². The summed E-state index contributed by atoms with van der Waals surface area (Å²) in [6, 6.07) is 6.05. The van der Waals surface area contributed by atoms with E-state index in [1.165, 1.54) is 19.1 Å². The SMILES string of the molecule is C#CC(C)(O)Cc1cccc(F)c1. The minimum atomic E-state index is -1.20. The van der Waals surface area contributed by atoms with Crippen molar-refractivity contribution in [1.29, 1.82) is 0 Å². The van der Waals surface area contributed by atoms with Gasteiger partial charge in [0.2, 0.25) is 0 Å². The molecule has 0 spiro atoms. The van der Waals surface area contributed by atoms with Crippen LogP contribution in [0.15, 0.2) is 24.3 Å². The van der Waals surface area contributed by atoms with Gasteiger partial charge in [-0.1, -0.05) is 18.1 Å². The molecule has 0 heterocycles. The highest BCUT2D eigenvalue weighted by atomic mass is 19.1. The molecule has 0 saturated heterocycles. The Hall–Kier alpha value is -1.33. The molecule has 0 aromatic heterocycles. The molecule has 2 heteroatoms. The summed E-state index contributed by atoms with van der Waals surface area (Å²) in [6.07, 6.45) is 5.36. The van der Waals surface area contributed by atoms with Gasteiger partial charge < -0.3 is 5.11 Å². The smallest absolute Gasteiger partial charge is 0.126 e. The van der Waals surface area contributed by atoms with Crippen molar-refractivity contribution in [2.24, 2.45) is 0 Å². The first-order valence-corrected chi connectivity index (χ1v) is 3.98. The number of halogens is 1. The first-order chi connectivity index (χ1) is 6.03. The van der Waals surface area contributed by atoms with Crippen LogP contribution in [0.3, 0.4) is 0 Å². The summed E-state index contributed by atoms with van der Waals surface area (Å²) in [5, 5.41) is 9.51. The molecule has 0 saturated carbocycles. The fourth-order valence-electron chi connectivity index (χ4n) is 1.10. The lowest BCUT2D eigenvalue weighted by molar-refractivity contribution is 0.123. The van der Waals surface area contributed by atoms with Gasteiger partial charge in [-0.05, 0) is 24.6 Å². The average molecular weight is 178 g/mol. The quantitative estimate of drug-likeness (QED) is 0.684.